The van der Waals surface area contributed by atoms with E-state index in [1.807, 2.05) is 0 Å². The molecule has 1 aromatic rings. The highest BCUT2D eigenvalue weighted by Gasteiger charge is 2.70. The molecule has 0 spiro atoms. The van der Waals surface area contributed by atoms with Crippen LogP contribution < -0.4 is 0 Å². The van der Waals surface area contributed by atoms with Crippen molar-refractivity contribution in [3.63, 3.8) is 0 Å². The Kier molecular flexibility index (Phi) is 4.86. The summed E-state index contributed by atoms with van der Waals surface area (Å²) in [4.78, 5) is 37.0. The first-order valence-corrected chi connectivity index (χ1v) is 9.47. The SMILES string of the molecule is C=C(C)C(=O)OC1C2CC3C1OC(=O)C3C2C(=O)OCc1ccc(C(F)(F)F)cc1. The van der Waals surface area contributed by atoms with Gasteiger partial charge in [0.25, 0.3) is 0 Å². The highest BCUT2D eigenvalue weighted by atomic mass is 19.4. The van der Waals surface area contributed by atoms with Crippen LogP contribution in [0.15, 0.2) is 36.4 Å². The van der Waals surface area contributed by atoms with Gasteiger partial charge in [-0.2, -0.15) is 13.2 Å². The summed E-state index contributed by atoms with van der Waals surface area (Å²) in [6.45, 7) is 4.79. The zero-order chi connectivity index (χ0) is 21.8. The molecule has 0 radical (unpaired) electrons. The fraction of sp³-hybridized carbons (Fsp3) is 0.476. The number of halogens is 3. The molecule has 2 aliphatic carbocycles. The van der Waals surface area contributed by atoms with Crippen molar-refractivity contribution in [2.24, 2.45) is 23.7 Å². The average Bonchev–Trinajstić information content (AvgIpc) is 3.29. The van der Waals surface area contributed by atoms with Crippen LogP contribution in [0.2, 0.25) is 0 Å². The normalized spacial score (nSPS) is 31.4. The number of ether oxygens (including phenoxy) is 3. The lowest BCUT2D eigenvalue weighted by Crippen LogP contribution is -2.43. The molecule has 3 aliphatic rings. The number of carbonyl (C=O) groups is 3. The molecular weight excluding hydrogens is 405 g/mol. The fourth-order valence-electron chi connectivity index (χ4n) is 4.73. The average molecular weight is 424 g/mol. The second kappa shape index (κ2) is 7.14. The van der Waals surface area contributed by atoms with E-state index in [9.17, 15) is 27.6 Å². The van der Waals surface area contributed by atoms with Crippen LogP contribution in [-0.4, -0.2) is 30.1 Å². The van der Waals surface area contributed by atoms with Gasteiger partial charge in [-0.25, -0.2) is 4.79 Å². The van der Waals surface area contributed by atoms with E-state index in [1.165, 1.54) is 19.1 Å². The number of fused-ring (bicyclic) bond motifs is 1. The number of hydrogen-bond acceptors (Lipinski definition) is 6. The number of alkyl halides is 3. The Bertz CT molecular complexity index is 906. The summed E-state index contributed by atoms with van der Waals surface area (Å²) in [5, 5.41) is 0. The van der Waals surface area contributed by atoms with E-state index < -0.39 is 59.6 Å². The molecule has 2 saturated carbocycles. The Morgan fingerprint density at radius 2 is 1.87 bits per heavy atom. The zero-order valence-electron chi connectivity index (χ0n) is 16.0. The third-order valence-corrected chi connectivity index (χ3v) is 6.07. The summed E-state index contributed by atoms with van der Waals surface area (Å²) in [6.07, 6.45) is -5.27. The summed E-state index contributed by atoms with van der Waals surface area (Å²) >= 11 is 0. The molecule has 2 bridgehead atoms. The molecule has 0 amide bonds. The van der Waals surface area contributed by atoms with Gasteiger partial charge in [0.15, 0.2) is 0 Å². The number of benzene rings is 1. The van der Waals surface area contributed by atoms with E-state index >= 15 is 0 Å². The number of hydrogen-bond donors (Lipinski definition) is 0. The van der Waals surface area contributed by atoms with Crippen molar-refractivity contribution in [3.05, 3.63) is 47.5 Å². The minimum atomic E-state index is -4.45. The van der Waals surface area contributed by atoms with Crippen LogP contribution in [0.3, 0.4) is 0 Å². The lowest BCUT2D eigenvalue weighted by Gasteiger charge is -2.30. The van der Waals surface area contributed by atoms with E-state index in [2.05, 4.69) is 6.58 Å². The minimum absolute atomic E-state index is 0.195. The van der Waals surface area contributed by atoms with Crippen LogP contribution in [-0.2, 0) is 41.4 Å². The van der Waals surface area contributed by atoms with Crippen LogP contribution in [0.25, 0.3) is 0 Å². The lowest BCUT2D eigenvalue weighted by atomic mass is 9.78. The maximum Gasteiger partial charge on any atom is 0.416 e. The van der Waals surface area contributed by atoms with Gasteiger partial charge in [-0.15, -0.1) is 0 Å². The van der Waals surface area contributed by atoms with Crippen LogP contribution >= 0.6 is 0 Å². The molecule has 1 aromatic carbocycles. The van der Waals surface area contributed by atoms with Gasteiger partial charge in [0.05, 0.1) is 17.4 Å². The quantitative estimate of drug-likeness (QED) is 0.411. The van der Waals surface area contributed by atoms with E-state index in [0.29, 0.717) is 12.0 Å². The molecule has 0 aromatic heterocycles. The van der Waals surface area contributed by atoms with Gasteiger partial charge in [-0.05, 0) is 31.0 Å². The molecule has 160 valence electrons. The molecule has 6 atom stereocenters. The first-order chi connectivity index (χ1) is 14.1. The van der Waals surface area contributed by atoms with Gasteiger partial charge in [0.2, 0.25) is 0 Å². The summed E-state index contributed by atoms with van der Waals surface area (Å²) in [5.74, 6) is -3.91. The van der Waals surface area contributed by atoms with Gasteiger partial charge in [-0.1, -0.05) is 18.7 Å². The summed E-state index contributed by atoms with van der Waals surface area (Å²) in [6, 6.07) is 4.28. The first kappa shape index (κ1) is 20.4. The molecule has 9 heteroatoms. The summed E-state index contributed by atoms with van der Waals surface area (Å²) < 4.78 is 54.1. The number of rotatable bonds is 5. The third-order valence-electron chi connectivity index (χ3n) is 6.07. The second-order valence-electron chi connectivity index (χ2n) is 7.97. The summed E-state index contributed by atoms with van der Waals surface area (Å²) in [7, 11) is 0. The molecular formula is C21H19F3O6. The van der Waals surface area contributed by atoms with Gasteiger partial charge >= 0.3 is 24.1 Å². The smallest absolute Gasteiger partial charge is 0.416 e. The maximum atomic E-state index is 12.8. The van der Waals surface area contributed by atoms with Crippen LogP contribution in [0.4, 0.5) is 13.2 Å². The second-order valence-corrected chi connectivity index (χ2v) is 7.97. The molecule has 6 nitrogen and oxygen atoms in total. The molecule has 4 rings (SSSR count). The molecule has 6 unspecified atom stereocenters. The highest BCUT2D eigenvalue weighted by molar-refractivity contribution is 5.88. The maximum absolute atomic E-state index is 12.8. The largest absolute Gasteiger partial charge is 0.461 e. The van der Waals surface area contributed by atoms with Crippen LogP contribution in [0.5, 0.6) is 0 Å². The molecule has 1 saturated heterocycles. The van der Waals surface area contributed by atoms with Crippen LogP contribution in [0.1, 0.15) is 24.5 Å². The van der Waals surface area contributed by atoms with Gasteiger partial charge in [0.1, 0.15) is 18.8 Å². The zero-order valence-corrected chi connectivity index (χ0v) is 16.0. The van der Waals surface area contributed by atoms with Gasteiger partial charge in [0, 0.05) is 17.4 Å². The summed E-state index contributed by atoms with van der Waals surface area (Å²) in [5.41, 5.74) is -0.218. The molecule has 1 aliphatic heterocycles. The van der Waals surface area contributed by atoms with Crippen molar-refractivity contribution in [2.45, 2.75) is 38.3 Å². The first-order valence-electron chi connectivity index (χ1n) is 9.47. The van der Waals surface area contributed by atoms with E-state index in [1.54, 1.807) is 0 Å². The van der Waals surface area contributed by atoms with Gasteiger partial charge < -0.3 is 14.2 Å². The van der Waals surface area contributed by atoms with Crippen molar-refractivity contribution in [3.8, 4) is 0 Å². The number of esters is 3. The number of carbonyl (C=O) groups excluding carboxylic acids is 3. The van der Waals surface area contributed by atoms with Crippen molar-refractivity contribution in [1.29, 1.82) is 0 Å². The molecule has 1 heterocycles. The van der Waals surface area contributed by atoms with Crippen LogP contribution in [0, 0.1) is 23.7 Å². The van der Waals surface area contributed by atoms with Crippen molar-refractivity contribution in [1.82, 2.24) is 0 Å². The monoisotopic (exact) mass is 424 g/mol. The van der Waals surface area contributed by atoms with Crippen molar-refractivity contribution >= 4 is 17.9 Å². The fourth-order valence-corrected chi connectivity index (χ4v) is 4.73. The Morgan fingerprint density at radius 1 is 1.20 bits per heavy atom. The highest BCUT2D eigenvalue weighted by Crippen LogP contribution is 2.59. The van der Waals surface area contributed by atoms with E-state index in [-0.39, 0.29) is 18.1 Å². The predicted molar refractivity (Wildman–Crippen MR) is 94.4 cm³/mol. The Labute approximate surface area is 170 Å². The Balaban J connectivity index is 1.45. The van der Waals surface area contributed by atoms with E-state index in [4.69, 9.17) is 14.2 Å². The third kappa shape index (κ3) is 3.36. The molecule has 0 N–H and O–H groups in total. The predicted octanol–water partition coefficient (Wildman–Crippen LogP) is 3.04. The topological polar surface area (TPSA) is 78.9 Å². The minimum Gasteiger partial charge on any atom is -0.461 e. The standard InChI is InChI=1S/C21H19F3O6/c1-9(2)18(25)29-16-12-7-13-15(20(27)30-17(13)16)14(12)19(26)28-8-10-3-5-11(6-4-10)21(22,23)24/h3-6,12-17H,1,7-8H2,2H3. The van der Waals surface area contributed by atoms with E-state index in [0.717, 1.165) is 12.1 Å². The Hall–Kier alpha value is -2.84. The van der Waals surface area contributed by atoms with Crippen molar-refractivity contribution < 1.29 is 41.8 Å². The Morgan fingerprint density at radius 3 is 2.47 bits per heavy atom. The lowest BCUT2D eigenvalue weighted by molar-refractivity contribution is -0.163. The van der Waals surface area contributed by atoms with Crippen molar-refractivity contribution in [2.75, 3.05) is 0 Å². The van der Waals surface area contributed by atoms with Gasteiger partial charge in [-0.3, -0.25) is 9.59 Å². The molecule has 3 fully saturated rings. The molecule has 30 heavy (non-hydrogen) atoms.